The zero-order valence-electron chi connectivity index (χ0n) is 20.9. The summed E-state index contributed by atoms with van der Waals surface area (Å²) in [5, 5.41) is 15.0. The van der Waals surface area contributed by atoms with E-state index in [1.807, 2.05) is 23.1 Å². The number of carbonyl (C=O) groups is 2. The van der Waals surface area contributed by atoms with Crippen molar-refractivity contribution < 1.29 is 9.59 Å². The molecule has 1 saturated heterocycles. The Hall–Kier alpha value is -3.99. The maximum atomic E-state index is 12.9. The minimum Gasteiger partial charge on any atom is -0.362 e. The van der Waals surface area contributed by atoms with Crippen LogP contribution in [-0.4, -0.2) is 53.2 Å². The number of allylic oxidation sites excluding steroid dienone is 2. The molecule has 1 unspecified atom stereocenters. The summed E-state index contributed by atoms with van der Waals surface area (Å²) in [6, 6.07) is 11.7. The summed E-state index contributed by atoms with van der Waals surface area (Å²) in [6.07, 6.45) is 12.3. The van der Waals surface area contributed by atoms with Gasteiger partial charge in [-0.1, -0.05) is 12.1 Å². The first-order chi connectivity index (χ1) is 18.1. The molecule has 1 fully saturated rings. The molecule has 3 aliphatic rings. The third-order valence-corrected chi connectivity index (χ3v) is 7.46. The van der Waals surface area contributed by atoms with E-state index in [0.29, 0.717) is 18.9 Å². The smallest absolute Gasteiger partial charge is 0.290 e. The van der Waals surface area contributed by atoms with Crippen molar-refractivity contribution in [2.24, 2.45) is 4.99 Å². The molecule has 0 spiro atoms. The standard InChI is InChI=1S/C29H32N6O2/c30-18-24-19-32-28(33-24)29(37)34-26-7-6-23(17-25(26)22-4-2-1-3-5-22)21-10-14-35(15-11-21)27(36)16-20-8-12-31-13-9-20/h4,6-9,12-13,17,21,24H,1-3,5,10-11,14-16,19H2,(H,32,33)(H,34,37). The van der Waals surface area contributed by atoms with E-state index in [9.17, 15) is 9.59 Å². The molecule has 5 rings (SSSR count). The van der Waals surface area contributed by atoms with Crippen molar-refractivity contribution in [2.75, 3.05) is 25.0 Å². The van der Waals surface area contributed by atoms with Gasteiger partial charge in [-0.15, -0.1) is 0 Å². The summed E-state index contributed by atoms with van der Waals surface area (Å²) < 4.78 is 0. The van der Waals surface area contributed by atoms with Crippen molar-refractivity contribution in [1.29, 1.82) is 5.26 Å². The van der Waals surface area contributed by atoms with Gasteiger partial charge in [-0.05, 0) is 85.4 Å². The van der Waals surface area contributed by atoms with Crippen molar-refractivity contribution in [1.82, 2.24) is 15.2 Å². The lowest BCUT2D eigenvalue weighted by Gasteiger charge is -2.33. The number of nitriles is 1. The molecule has 37 heavy (non-hydrogen) atoms. The number of likely N-dealkylation sites (tertiary alicyclic amines) is 1. The molecule has 1 aromatic carbocycles. The molecule has 2 N–H and O–H groups in total. The Morgan fingerprint density at radius 2 is 1.95 bits per heavy atom. The highest BCUT2D eigenvalue weighted by atomic mass is 16.2. The van der Waals surface area contributed by atoms with Gasteiger partial charge in [-0.25, -0.2) is 4.99 Å². The minimum absolute atomic E-state index is 0.165. The second-order valence-electron chi connectivity index (χ2n) is 9.93. The predicted molar refractivity (Wildman–Crippen MR) is 143 cm³/mol. The lowest BCUT2D eigenvalue weighted by atomic mass is 9.85. The summed E-state index contributed by atoms with van der Waals surface area (Å²) in [5.74, 6) is 0.431. The summed E-state index contributed by atoms with van der Waals surface area (Å²) >= 11 is 0. The molecule has 2 aromatic rings. The first-order valence-corrected chi connectivity index (χ1v) is 13.1. The number of aliphatic imine (C=N–C) groups is 1. The number of benzene rings is 1. The highest BCUT2D eigenvalue weighted by Gasteiger charge is 2.26. The Kier molecular flexibility index (Phi) is 7.59. The van der Waals surface area contributed by atoms with Crippen LogP contribution in [-0.2, 0) is 16.0 Å². The Morgan fingerprint density at radius 3 is 2.65 bits per heavy atom. The minimum atomic E-state index is -0.522. The molecule has 2 amide bonds. The Morgan fingerprint density at radius 1 is 1.14 bits per heavy atom. The van der Waals surface area contributed by atoms with Gasteiger partial charge < -0.3 is 15.5 Å². The van der Waals surface area contributed by atoms with E-state index >= 15 is 0 Å². The van der Waals surface area contributed by atoms with Crippen LogP contribution in [0.4, 0.5) is 5.69 Å². The van der Waals surface area contributed by atoms with Crippen molar-refractivity contribution in [3.8, 4) is 6.07 Å². The van der Waals surface area contributed by atoms with Crippen molar-refractivity contribution >= 4 is 28.9 Å². The molecule has 1 atom stereocenters. The van der Waals surface area contributed by atoms with Crippen molar-refractivity contribution in [3.05, 3.63) is 65.5 Å². The largest absolute Gasteiger partial charge is 0.362 e. The van der Waals surface area contributed by atoms with E-state index in [0.717, 1.165) is 62.0 Å². The van der Waals surface area contributed by atoms with Crippen LogP contribution in [0.25, 0.3) is 5.57 Å². The number of anilines is 1. The Bertz CT molecular complexity index is 1250. The fourth-order valence-electron chi connectivity index (χ4n) is 5.36. The molecule has 1 aromatic heterocycles. The molecule has 0 bridgehead atoms. The Balaban J connectivity index is 1.29. The fraction of sp³-hybridized carbons (Fsp3) is 0.414. The van der Waals surface area contributed by atoms with Crippen molar-refractivity contribution in [3.63, 3.8) is 0 Å². The maximum Gasteiger partial charge on any atom is 0.290 e. The Labute approximate surface area is 217 Å². The zero-order valence-corrected chi connectivity index (χ0v) is 20.9. The third kappa shape index (κ3) is 5.88. The average Bonchev–Trinajstić information content (AvgIpc) is 3.44. The van der Waals surface area contributed by atoms with Gasteiger partial charge in [0.15, 0.2) is 11.9 Å². The normalized spacial score (nSPS) is 19.9. The van der Waals surface area contributed by atoms with E-state index in [2.05, 4.69) is 44.9 Å². The van der Waals surface area contributed by atoms with E-state index in [-0.39, 0.29) is 17.6 Å². The van der Waals surface area contributed by atoms with E-state index < -0.39 is 6.04 Å². The first kappa shape index (κ1) is 24.7. The number of amides is 2. The van der Waals surface area contributed by atoms with E-state index in [1.165, 1.54) is 17.6 Å². The van der Waals surface area contributed by atoms with Gasteiger partial charge in [-0.2, -0.15) is 5.26 Å². The molecule has 8 nitrogen and oxygen atoms in total. The monoisotopic (exact) mass is 496 g/mol. The molecular formula is C29H32N6O2. The lowest BCUT2D eigenvalue weighted by molar-refractivity contribution is -0.131. The van der Waals surface area contributed by atoms with Crippen LogP contribution < -0.4 is 10.6 Å². The summed E-state index contributed by atoms with van der Waals surface area (Å²) in [4.78, 5) is 35.8. The second kappa shape index (κ2) is 11.4. The van der Waals surface area contributed by atoms with E-state index in [1.54, 1.807) is 12.4 Å². The topological polar surface area (TPSA) is 110 Å². The van der Waals surface area contributed by atoms with Crippen LogP contribution in [0.1, 0.15) is 61.1 Å². The van der Waals surface area contributed by atoms with Gasteiger partial charge in [0.2, 0.25) is 5.91 Å². The van der Waals surface area contributed by atoms with Gasteiger partial charge >= 0.3 is 0 Å². The van der Waals surface area contributed by atoms with E-state index in [4.69, 9.17) is 5.26 Å². The highest BCUT2D eigenvalue weighted by Crippen LogP contribution is 2.36. The number of rotatable bonds is 6. The van der Waals surface area contributed by atoms with Gasteiger partial charge in [-0.3, -0.25) is 14.6 Å². The van der Waals surface area contributed by atoms with Crippen LogP contribution in [0.2, 0.25) is 0 Å². The highest BCUT2D eigenvalue weighted by molar-refractivity contribution is 6.42. The third-order valence-electron chi connectivity index (χ3n) is 7.46. The van der Waals surface area contributed by atoms with Crippen LogP contribution in [0.5, 0.6) is 0 Å². The van der Waals surface area contributed by atoms with Gasteiger partial charge in [0, 0.05) is 36.7 Å². The van der Waals surface area contributed by atoms with Gasteiger partial charge in [0.05, 0.1) is 19.0 Å². The molecule has 8 heteroatoms. The number of carbonyl (C=O) groups excluding carboxylic acids is 2. The SMILES string of the molecule is N#CC1CNC(C(=O)Nc2ccc(C3CCN(C(=O)Cc4ccncc4)CC3)cc2C2=CCCCC2)=N1. The lowest BCUT2D eigenvalue weighted by Crippen LogP contribution is -2.38. The van der Waals surface area contributed by atoms with Crippen LogP contribution in [0.15, 0.2) is 53.8 Å². The molecule has 1 aliphatic carbocycles. The molecular weight excluding hydrogens is 464 g/mol. The number of hydrogen-bond acceptors (Lipinski definition) is 6. The number of piperidine rings is 1. The van der Waals surface area contributed by atoms with Crippen LogP contribution in [0.3, 0.4) is 0 Å². The summed E-state index contributed by atoms with van der Waals surface area (Å²) in [6.45, 7) is 1.85. The second-order valence-corrected chi connectivity index (χ2v) is 9.93. The molecule has 0 saturated carbocycles. The number of amidine groups is 1. The van der Waals surface area contributed by atoms with Crippen LogP contribution >= 0.6 is 0 Å². The maximum absolute atomic E-state index is 12.9. The summed E-state index contributed by atoms with van der Waals surface area (Å²) in [5.41, 5.74) is 5.35. The number of aromatic nitrogens is 1. The summed E-state index contributed by atoms with van der Waals surface area (Å²) in [7, 11) is 0. The molecule has 3 heterocycles. The van der Waals surface area contributed by atoms with Gasteiger partial charge in [0.1, 0.15) is 0 Å². The average molecular weight is 497 g/mol. The number of nitrogens with zero attached hydrogens (tertiary/aromatic N) is 4. The quantitative estimate of drug-likeness (QED) is 0.632. The molecule has 190 valence electrons. The fourth-order valence-corrected chi connectivity index (χ4v) is 5.36. The first-order valence-electron chi connectivity index (χ1n) is 13.1. The number of hydrogen-bond donors (Lipinski definition) is 2. The number of nitrogens with one attached hydrogen (secondary N) is 2. The molecule has 2 aliphatic heterocycles. The van der Waals surface area contributed by atoms with Gasteiger partial charge in [0.25, 0.3) is 5.91 Å². The predicted octanol–water partition coefficient (Wildman–Crippen LogP) is 3.82. The number of pyridine rings is 1. The zero-order chi connectivity index (χ0) is 25.6. The molecule has 0 radical (unpaired) electrons. The van der Waals surface area contributed by atoms with Crippen molar-refractivity contribution in [2.45, 2.75) is 56.9 Å². The van der Waals surface area contributed by atoms with Crippen LogP contribution in [0, 0.1) is 11.3 Å².